The summed E-state index contributed by atoms with van der Waals surface area (Å²) in [7, 11) is 10.1. The Balaban J connectivity index is 2.29. The van der Waals surface area contributed by atoms with Crippen LogP contribution in [0, 0.1) is 0 Å². The summed E-state index contributed by atoms with van der Waals surface area (Å²) in [5.74, 6) is 0.936. The molecule has 144 valence electrons. The summed E-state index contributed by atoms with van der Waals surface area (Å²) in [6.45, 7) is 2.29. The highest BCUT2D eigenvalue weighted by Gasteiger charge is 2.13. The smallest absolute Gasteiger partial charge is 0.130 e. The first-order chi connectivity index (χ1) is 12.4. The fourth-order valence-corrected chi connectivity index (χ4v) is 3.58. The van der Waals surface area contributed by atoms with Crippen LogP contribution in [0.1, 0.15) is 29.8 Å². The van der Waals surface area contributed by atoms with Crippen LogP contribution in [0.2, 0.25) is 0 Å². The van der Waals surface area contributed by atoms with Crippen LogP contribution in [0.5, 0.6) is 0 Å². The van der Waals surface area contributed by atoms with Gasteiger partial charge in [-0.05, 0) is 42.4 Å². The first-order valence-corrected chi connectivity index (χ1v) is 10.2. The van der Waals surface area contributed by atoms with Gasteiger partial charge in [0.05, 0.1) is 46.4 Å². The molecule has 0 saturated heterocycles. The van der Waals surface area contributed by atoms with E-state index in [1.165, 1.54) is 13.0 Å². The van der Waals surface area contributed by atoms with Gasteiger partial charge in [0.2, 0.25) is 0 Å². The summed E-state index contributed by atoms with van der Waals surface area (Å²) in [6, 6.07) is 4.28. The first kappa shape index (κ1) is 21.1. The number of thioether (sulfide) groups is 1. The summed E-state index contributed by atoms with van der Waals surface area (Å²) in [6.07, 6.45) is 5.29. The number of nitrogens with zero attached hydrogens (tertiary/aromatic N) is 3. The van der Waals surface area contributed by atoms with E-state index in [1.807, 2.05) is 0 Å². The third-order valence-corrected chi connectivity index (χ3v) is 5.00. The average Bonchev–Trinajstić information content (AvgIpc) is 2.58. The van der Waals surface area contributed by atoms with Crippen LogP contribution in [0.4, 0.5) is 0 Å². The second-order valence-corrected chi connectivity index (χ2v) is 8.42. The Labute approximate surface area is 161 Å². The molecule has 0 saturated carbocycles. The predicted molar refractivity (Wildman–Crippen MR) is 109 cm³/mol. The number of aromatic nitrogens is 2. The summed E-state index contributed by atoms with van der Waals surface area (Å²) < 4.78 is 11.7. The lowest BCUT2D eigenvalue weighted by atomic mass is 10.1. The van der Waals surface area contributed by atoms with Crippen molar-refractivity contribution in [1.29, 1.82) is 0 Å². The molecule has 0 spiro atoms. The number of rotatable bonds is 10. The fraction of sp³-hybridized carbons (Fsp3) is 0.600. The SMILES string of the molecule is COCc1cc2nc(CCCC[N+](C)(C)C)nc(SC)c2cc1COC. The molecule has 1 aromatic heterocycles. The van der Waals surface area contributed by atoms with E-state index >= 15 is 0 Å². The van der Waals surface area contributed by atoms with Crippen molar-refractivity contribution in [2.45, 2.75) is 37.5 Å². The van der Waals surface area contributed by atoms with E-state index in [2.05, 4.69) is 39.5 Å². The van der Waals surface area contributed by atoms with Crippen LogP contribution < -0.4 is 0 Å². The van der Waals surface area contributed by atoms with Crippen molar-refractivity contribution in [3.8, 4) is 0 Å². The van der Waals surface area contributed by atoms with E-state index in [0.717, 1.165) is 50.2 Å². The molecular formula is C20H32N3O2S+. The van der Waals surface area contributed by atoms with Gasteiger partial charge in [-0.3, -0.25) is 0 Å². The minimum Gasteiger partial charge on any atom is -0.380 e. The minimum atomic E-state index is 0.562. The van der Waals surface area contributed by atoms with Gasteiger partial charge >= 0.3 is 0 Å². The quantitative estimate of drug-likeness (QED) is 0.273. The summed E-state index contributed by atoms with van der Waals surface area (Å²) in [5, 5.41) is 2.14. The molecule has 0 unspecified atom stereocenters. The number of quaternary nitrogens is 1. The van der Waals surface area contributed by atoms with E-state index in [4.69, 9.17) is 19.4 Å². The summed E-state index contributed by atoms with van der Waals surface area (Å²) >= 11 is 1.68. The number of fused-ring (bicyclic) bond motifs is 1. The van der Waals surface area contributed by atoms with Crippen LogP contribution in [-0.2, 0) is 29.1 Å². The zero-order valence-corrected chi connectivity index (χ0v) is 17.8. The molecule has 6 heteroatoms. The van der Waals surface area contributed by atoms with Gasteiger partial charge in [0, 0.05) is 26.0 Å². The lowest BCUT2D eigenvalue weighted by Gasteiger charge is -2.23. The Morgan fingerprint density at radius 2 is 1.62 bits per heavy atom. The van der Waals surface area contributed by atoms with Crippen LogP contribution in [0.3, 0.4) is 0 Å². The van der Waals surface area contributed by atoms with Gasteiger partial charge in [0.1, 0.15) is 10.9 Å². The van der Waals surface area contributed by atoms with Crippen LogP contribution in [-0.4, -0.2) is 62.6 Å². The molecule has 0 aliphatic carbocycles. The highest BCUT2D eigenvalue weighted by Crippen LogP contribution is 2.28. The van der Waals surface area contributed by atoms with Crippen molar-refractivity contribution in [2.75, 3.05) is 48.2 Å². The van der Waals surface area contributed by atoms with Crippen molar-refractivity contribution < 1.29 is 14.0 Å². The number of benzene rings is 1. The second kappa shape index (κ2) is 9.65. The lowest BCUT2D eigenvalue weighted by Crippen LogP contribution is -2.35. The number of methoxy groups -OCH3 is 2. The predicted octanol–water partition coefficient (Wildman–Crippen LogP) is 3.67. The van der Waals surface area contributed by atoms with Crippen LogP contribution in [0.15, 0.2) is 17.2 Å². The summed E-state index contributed by atoms with van der Waals surface area (Å²) in [5.41, 5.74) is 3.26. The molecule has 5 nitrogen and oxygen atoms in total. The van der Waals surface area contributed by atoms with Crippen molar-refractivity contribution >= 4 is 22.7 Å². The molecule has 0 aliphatic rings. The van der Waals surface area contributed by atoms with E-state index in [0.29, 0.717) is 13.2 Å². The maximum atomic E-state index is 5.36. The van der Waals surface area contributed by atoms with Crippen LogP contribution >= 0.6 is 11.8 Å². The maximum absolute atomic E-state index is 5.36. The molecule has 0 amide bonds. The number of hydrogen-bond acceptors (Lipinski definition) is 5. The van der Waals surface area contributed by atoms with E-state index < -0.39 is 0 Å². The molecule has 1 aromatic carbocycles. The maximum Gasteiger partial charge on any atom is 0.130 e. The number of ether oxygens (including phenoxy) is 2. The van der Waals surface area contributed by atoms with Gasteiger partial charge in [-0.2, -0.15) is 0 Å². The second-order valence-electron chi connectivity index (χ2n) is 7.62. The molecule has 0 fully saturated rings. The van der Waals surface area contributed by atoms with Crippen molar-refractivity contribution in [2.24, 2.45) is 0 Å². The van der Waals surface area contributed by atoms with E-state index in [-0.39, 0.29) is 0 Å². The van der Waals surface area contributed by atoms with Crippen molar-refractivity contribution in [1.82, 2.24) is 9.97 Å². The Bertz CT molecular complexity index is 729. The molecule has 2 aromatic rings. The largest absolute Gasteiger partial charge is 0.380 e. The molecule has 0 bridgehead atoms. The molecule has 0 atom stereocenters. The topological polar surface area (TPSA) is 44.2 Å². The van der Waals surface area contributed by atoms with E-state index in [1.54, 1.807) is 26.0 Å². The third-order valence-electron chi connectivity index (χ3n) is 4.30. The zero-order chi connectivity index (χ0) is 19.2. The van der Waals surface area contributed by atoms with Gasteiger partial charge in [-0.1, -0.05) is 0 Å². The Hall–Kier alpha value is -1.21. The molecule has 0 aliphatic heterocycles. The highest BCUT2D eigenvalue weighted by molar-refractivity contribution is 7.98. The molecule has 2 rings (SSSR count). The normalized spacial score (nSPS) is 12.1. The van der Waals surface area contributed by atoms with Gasteiger partial charge in [-0.15, -0.1) is 11.8 Å². The molecule has 26 heavy (non-hydrogen) atoms. The van der Waals surface area contributed by atoms with Gasteiger partial charge in [0.25, 0.3) is 0 Å². The third kappa shape index (κ3) is 5.91. The van der Waals surface area contributed by atoms with E-state index in [9.17, 15) is 0 Å². The summed E-state index contributed by atoms with van der Waals surface area (Å²) in [4.78, 5) is 9.64. The Kier molecular flexibility index (Phi) is 7.83. The molecule has 1 heterocycles. The Morgan fingerprint density at radius 1 is 0.962 bits per heavy atom. The standard InChI is InChI=1S/C20H32N3O2S/c1-23(2,3)10-8-7-9-19-21-18-12-16(14-25-5)15(13-24-4)11-17(18)20(22-19)26-6/h11-12H,7-10,13-14H2,1-6H3/q+1. The van der Waals surface area contributed by atoms with Gasteiger partial charge in [0.15, 0.2) is 0 Å². The van der Waals surface area contributed by atoms with Gasteiger partial charge in [-0.25, -0.2) is 9.97 Å². The monoisotopic (exact) mass is 378 g/mol. The molecule has 0 radical (unpaired) electrons. The fourth-order valence-electron chi connectivity index (χ4n) is 3.00. The Morgan fingerprint density at radius 3 is 2.19 bits per heavy atom. The zero-order valence-electron chi connectivity index (χ0n) is 17.0. The number of hydrogen-bond donors (Lipinski definition) is 0. The lowest BCUT2D eigenvalue weighted by molar-refractivity contribution is -0.870. The minimum absolute atomic E-state index is 0.562. The highest BCUT2D eigenvalue weighted by atomic mass is 32.2. The van der Waals surface area contributed by atoms with Crippen molar-refractivity contribution in [3.05, 3.63) is 29.1 Å². The van der Waals surface area contributed by atoms with Gasteiger partial charge < -0.3 is 14.0 Å². The van der Waals surface area contributed by atoms with Crippen LogP contribution in [0.25, 0.3) is 10.9 Å². The first-order valence-electron chi connectivity index (χ1n) is 9.02. The number of aryl methyl sites for hydroxylation is 1. The number of unbranched alkanes of at least 4 members (excludes halogenated alkanes) is 1. The molecule has 0 N–H and O–H groups in total. The average molecular weight is 379 g/mol. The molecular weight excluding hydrogens is 346 g/mol. The van der Waals surface area contributed by atoms with Crippen molar-refractivity contribution in [3.63, 3.8) is 0 Å².